The van der Waals surface area contributed by atoms with Crippen LogP contribution in [0.2, 0.25) is 0 Å². The van der Waals surface area contributed by atoms with E-state index in [2.05, 4.69) is 9.71 Å². The van der Waals surface area contributed by atoms with Crippen molar-refractivity contribution < 1.29 is 21.6 Å². The Hall–Kier alpha value is -1.15. The van der Waals surface area contributed by atoms with E-state index < -0.39 is 27.4 Å². The van der Waals surface area contributed by atoms with Crippen molar-refractivity contribution in [2.24, 2.45) is 0 Å². The zero-order chi connectivity index (χ0) is 14.2. The van der Waals surface area contributed by atoms with E-state index in [9.17, 15) is 21.6 Å². The molecule has 1 rings (SSSR count). The lowest BCUT2D eigenvalue weighted by Crippen LogP contribution is -2.40. The highest BCUT2D eigenvalue weighted by Gasteiger charge is 2.33. The Balaban J connectivity index is 3.06. The zero-order valence-electron chi connectivity index (χ0n) is 10.0. The van der Waals surface area contributed by atoms with Crippen LogP contribution in [-0.2, 0) is 16.2 Å². The Kier molecular flexibility index (Phi) is 3.73. The lowest BCUT2D eigenvalue weighted by molar-refractivity contribution is -0.141. The van der Waals surface area contributed by atoms with Gasteiger partial charge in [-0.05, 0) is 32.9 Å². The minimum Gasteiger partial charge on any atom is -0.250 e. The highest BCUT2D eigenvalue weighted by atomic mass is 32.2. The van der Waals surface area contributed by atoms with Gasteiger partial charge in [-0.2, -0.15) is 13.2 Å². The second-order valence-electron chi connectivity index (χ2n) is 4.73. The maximum atomic E-state index is 12.3. The quantitative estimate of drug-likeness (QED) is 0.904. The molecule has 4 nitrogen and oxygen atoms in total. The molecule has 1 aromatic rings. The summed E-state index contributed by atoms with van der Waals surface area (Å²) < 4.78 is 62.7. The van der Waals surface area contributed by atoms with Gasteiger partial charge in [-0.25, -0.2) is 13.1 Å². The van der Waals surface area contributed by atoms with Crippen LogP contribution in [-0.4, -0.2) is 18.9 Å². The van der Waals surface area contributed by atoms with E-state index in [1.165, 1.54) is 0 Å². The second-order valence-corrected chi connectivity index (χ2v) is 6.41. The predicted octanol–water partition coefficient (Wildman–Crippen LogP) is 2.18. The molecule has 0 saturated carbocycles. The van der Waals surface area contributed by atoms with E-state index in [4.69, 9.17) is 0 Å². The summed E-state index contributed by atoms with van der Waals surface area (Å²) in [5.41, 5.74) is -1.85. The van der Waals surface area contributed by atoms with Gasteiger partial charge in [-0.3, -0.25) is 4.98 Å². The molecule has 0 aliphatic carbocycles. The van der Waals surface area contributed by atoms with Gasteiger partial charge in [0.15, 0.2) is 0 Å². The third-order valence-electron chi connectivity index (χ3n) is 1.78. The average molecular weight is 282 g/mol. The van der Waals surface area contributed by atoms with Crippen molar-refractivity contribution in [2.75, 3.05) is 0 Å². The fraction of sp³-hybridized carbons (Fsp3) is 0.500. The molecule has 1 N–H and O–H groups in total. The number of pyridine rings is 1. The Morgan fingerprint density at radius 1 is 1.17 bits per heavy atom. The largest absolute Gasteiger partial charge is 0.433 e. The number of rotatable bonds is 2. The van der Waals surface area contributed by atoms with Gasteiger partial charge in [0.25, 0.3) is 0 Å². The first-order valence-corrected chi connectivity index (χ1v) is 6.47. The molecule has 0 atom stereocenters. The molecule has 0 aliphatic heterocycles. The molecule has 1 heterocycles. The standard InChI is InChI=1S/C10H13F3N2O2S/c1-9(2,3)15-18(16,17)7-4-5-8(14-6-7)10(11,12)13/h4-6,15H,1-3H3. The van der Waals surface area contributed by atoms with Crippen molar-refractivity contribution >= 4 is 10.0 Å². The van der Waals surface area contributed by atoms with Crippen LogP contribution in [0.25, 0.3) is 0 Å². The van der Waals surface area contributed by atoms with E-state index in [1.807, 2.05) is 0 Å². The number of sulfonamides is 1. The number of nitrogens with one attached hydrogen (secondary N) is 1. The normalized spacial score (nSPS) is 13.7. The SMILES string of the molecule is CC(C)(C)NS(=O)(=O)c1ccc(C(F)(F)F)nc1. The van der Waals surface area contributed by atoms with Crippen molar-refractivity contribution in [3.8, 4) is 0 Å². The van der Waals surface area contributed by atoms with Gasteiger partial charge in [0, 0.05) is 11.7 Å². The van der Waals surface area contributed by atoms with Gasteiger partial charge in [-0.15, -0.1) is 0 Å². The third kappa shape index (κ3) is 3.95. The van der Waals surface area contributed by atoms with E-state index >= 15 is 0 Å². The summed E-state index contributed by atoms with van der Waals surface area (Å²) in [7, 11) is -3.86. The van der Waals surface area contributed by atoms with Crippen LogP contribution in [0.3, 0.4) is 0 Å². The Morgan fingerprint density at radius 3 is 2.06 bits per heavy atom. The van der Waals surface area contributed by atoms with Crippen LogP contribution in [0.5, 0.6) is 0 Å². The fourth-order valence-corrected chi connectivity index (χ4v) is 2.53. The van der Waals surface area contributed by atoms with E-state index in [0.29, 0.717) is 12.3 Å². The molecule has 0 bridgehead atoms. The molecule has 18 heavy (non-hydrogen) atoms. The summed E-state index contributed by atoms with van der Waals surface area (Å²) in [6.45, 7) is 4.88. The van der Waals surface area contributed by atoms with E-state index in [0.717, 1.165) is 6.07 Å². The van der Waals surface area contributed by atoms with Gasteiger partial charge in [0.1, 0.15) is 10.6 Å². The molecule has 0 amide bonds. The number of aromatic nitrogens is 1. The topological polar surface area (TPSA) is 59.1 Å². The van der Waals surface area contributed by atoms with Crippen molar-refractivity contribution in [3.63, 3.8) is 0 Å². The highest BCUT2D eigenvalue weighted by Crippen LogP contribution is 2.27. The summed E-state index contributed by atoms with van der Waals surface area (Å²) in [5.74, 6) is 0. The van der Waals surface area contributed by atoms with Crippen LogP contribution in [0.4, 0.5) is 13.2 Å². The molecule has 0 aliphatic rings. The number of halogens is 3. The molecule has 102 valence electrons. The van der Waals surface area contributed by atoms with Crippen LogP contribution in [0.1, 0.15) is 26.5 Å². The first kappa shape index (κ1) is 14.9. The monoisotopic (exact) mass is 282 g/mol. The fourth-order valence-electron chi connectivity index (χ4n) is 1.17. The maximum absolute atomic E-state index is 12.3. The molecule has 0 radical (unpaired) electrons. The van der Waals surface area contributed by atoms with Gasteiger partial charge >= 0.3 is 6.18 Å². The number of hydrogen-bond donors (Lipinski definition) is 1. The zero-order valence-corrected chi connectivity index (χ0v) is 10.9. The molecule has 0 spiro atoms. The van der Waals surface area contributed by atoms with Crippen LogP contribution >= 0.6 is 0 Å². The number of hydrogen-bond acceptors (Lipinski definition) is 3. The Bertz CT molecular complexity index is 516. The first-order chi connectivity index (χ1) is 7.92. The minimum atomic E-state index is -4.58. The van der Waals surface area contributed by atoms with Crippen LogP contribution < -0.4 is 4.72 Å². The van der Waals surface area contributed by atoms with Gasteiger partial charge in [0.05, 0.1) is 0 Å². The minimum absolute atomic E-state index is 0.301. The second kappa shape index (κ2) is 4.51. The maximum Gasteiger partial charge on any atom is 0.433 e. The third-order valence-corrected chi connectivity index (χ3v) is 3.52. The predicted molar refractivity (Wildman–Crippen MR) is 59.3 cm³/mol. The van der Waals surface area contributed by atoms with Gasteiger partial charge in [0.2, 0.25) is 10.0 Å². The lowest BCUT2D eigenvalue weighted by atomic mass is 10.1. The smallest absolute Gasteiger partial charge is 0.250 e. The number of nitrogens with zero attached hydrogens (tertiary/aromatic N) is 1. The molecule has 0 saturated heterocycles. The molecular weight excluding hydrogens is 269 g/mol. The van der Waals surface area contributed by atoms with Crippen molar-refractivity contribution in [1.29, 1.82) is 0 Å². The van der Waals surface area contributed by atoms with E-state index in [1.54, 1.807) is 20.8 Å². The Morgan fingerprint density at radius 2 is 1.72 bits per heavy atom. The molecule has 0 fully saturated rings. The average Bonchev–Trinajstić information content (AvgIpc) is 2.13. The lowest BCUT2D eigenvalue weighted by Gasteiger charge is -2.20. The van der Waals surface area contributed by atoms with Crippen LogP contribution in [0, 0.1) is 0 Å². The van der Waals surface area contributed by atoms with Crippen molar-refractivity contribution in [2.45, 2.75) is 37.4 Å². The first-order valence-electron chi connectivity index (χ1n) is 4.99. The molecular formula is C10H13F3N2O2S. The summed E-state index contributed by atoms with van der Waals surface area (Å²) in [4.78, 5) is 2.80. The van der Waals surface area contributed by atoms with Gasteiger partial charge in [-0.1, -0.05) is 0 Å². The van der Waals surface area contributed by atoms with E-state index in [-0.39, 0.29) is 4.90 Å². The number of alkyl halides is 3. The highest BCUT2D eigenvalue weighted by molar-refractivity contribution is 7.89. The molecule has 8 heteroatoms. The van der Waals surface area contributed by atoms with Crippen LogP contribution in [0.15, 0.2) is 23.2 Å². The molecule has 0 unspecified atom stereocenters. The molecule has 0 aromatic carbocycles. The summed E-state index contributed by atoms with van der Waals surface area (Å²) in [5, 5.41) is 0. The summed E-state index contributed by atoms with van der Waals surface area (Å²) >= 11 is 0. The Labute approximate surface area is 103 Å². The summed E-state index contributed by atoms with van der Waals surface area (Å²) in [6, 6.07) is 1.52. The summed E-state index contributed by atoms with van der Waals surface area (Å²) in [6.07, 6.45) is -3.89. The van der Waals surface area contributed by atoms with Crippen molar-refractivity contribution in [1.82, 2.24) is 9.71 Å². The van der Waals surface area contributed by atoms with Gasteiger partial charge < -0.3 is 0 Å². The van der Waals surface area contributed by atoms with Crippen molar-refractivity contribution in [3.05, 3.63) is 24.0 Å². The molecule has 1 aromatic heterocycles.